The van der Waals surface area contributed by atoms with Gasteiger partial charge in [0.1, 0.15) is 5.82 Å². The van der Waals surface area contributed by atoms with E-state index in [1.165, 1.54) is 0 Å². The molecule has 5 rings (SSSR count). The number of fused-ring (bicyclic) bond motifs is 3. The van der Waals surface area contributed by atoms with Crippen LogP contribution >= 0.6 is 0 Å². The van der Waals surface area contributed by atoms with Crippen LogP contribution in [-0.4, -0.2) is 35.5 Å². The van der Waals surface area contributed by atoms with E-state index in [0.717, 1.165) is 55.7 Å². The van der Waals surface area contributed by atoms with Gasteiger partial charge in [0.25, 0.3) is 0 Å². The van der Waals surface area contributed by atoms with Crippen LogP contribution < -0.4 is 11.4 Å². The maximum atomic E-state index is 13.4. The van der Waals surface area contributed by atoms with Crippen LogP contribution in [0.1, 0.15) is 23.9 Å². The van der Waals surface area contributed by atoms with Crippen molar-refractivity contribution < 1.29 is 4.74 Å². The Bertz CT molecular complexity index is 1620. The minimum absolute atomic E-state index is 0.137. The number of ether oxygens (including phenoxy) is 1. The highest BCUT2D eigenvalue weighted by atomic mass is 16.5. The van der Waals surface area contributed by atoms with E-state index in [0.29, 0.717) is 19.0 Å². The third kappa shape index (κ3) is 3.28. The van der Waals surface area contributed by atoms with Crippen molar-refractivity contribution in [2.24, 2.45) is 14.1 Å². The Labute approximate surface area is 196 Å². The smallest absolute Gasteiger partial charge is 0.333 e. The zero-order valence-electron chi connectivity index (χ0n) is 20.0. The molecule has 0 saturated carbocycles. The average molecular weight is 458 g/mol. The van der Waals surface area contributed by atoms with Gasteiger partial charge < -0.3 is 10.5 Å². The molecule has 0 unspecified atom stereocenters. The average Bonchev–Trinajstić information content (AvgIpc) is 3.23. The Kier molecular flexibility index (Phi) is 5.21. The van der Waals surface area contributed by atoms with Gasteiger partial charge in [-0.2, -0.15) is 5.10 Å². The second-order valence-corrected chi connectivity index (χ2v) is 8.45. The highest BCUT2D eigenvalue weighted by Gasteiger charge is 2.21. The zero-order valence-corrected chi connectivity index (χ0v) is 20.0. The van der Waals surface area contributed by atoms with E-state index >= 15 is 0 Å². The van der Waals surface area contributed by atoms with Crippen LogP contribution in [0.2, 0.25) is 0 Å². The monoisotopic (exact) mass is 457 g/mol. The molecule has 2 N–H and O–H groups in total. The Morgan fingerprint density at radius 3 is 2.56 bits per heavy atom. The molecule has 4 aromatic heterocycles. The predicted octanol–water partition coefficient (Wildman–Crippen LogP) is 3.41. The number of hydrogen-bond acceptors (Lipinski definition) is 6. The van der Waals surface area contributed by atoms with Gasteiger partial charge in [0.15, 0.2) is 0 Å². The molecule has 174 valence electrons. The molecule has 0 aliphatic carbocycles. The molecule has 9 heteroatoms. The summed E-state index contributed by atoms with van der Waals surface area (Å²) in [6.45, 7) is 6.83. The molecule has 0 atom stereocenters. The zero-order chi connectivity index (χ0) is 24.1. The lowest BCUT2D eigenvalue weighted by Crippen LogP contribution is -2.21. The van der Waals surface area contributed by atoms with Gasteiger partial charge in [0, 0.05) is 43.4 Å². The van der Waals surface area contributed by atoms with Crippen molar-refractivity contribution in [3.63, 3.8) is 0 Å². The fourth-order valence-electron chi connectivity index (χ4n) is 4.48. The van der Waals surface area contributed by atoms with Crippen LogP contribution in [0.3, 0.4) is 0 Å². The Hall–Kier alpha value is -3.98. The second-order valence-electron chi connectivity index (χ2n) is 8.45. The molecule has 0 fully saturated rings. The first kappa shape index (κ1) is 21.8. The van der Waals surface area contributed by atoms with Crippen molar-refractivity contribution in [3.8, 4) is 16.8 Å². The van der Waals surface area contributed by atoms with E-state index in [-0.39, 0.29) is 5.69 Å². The van der Waals surface area contributed by atoms with Crippen LogP contribution in [-0.2, 0) is 25.4 Å². The topological polar surface area (TPSA) is 106 Å². The Morgan fingerprint density at radius 1 is 1.06 bits per heavy atom. The number of aryl methyl sites for hydroxylation is 3. The van der Waals surface area contributed by atoms with E-state index < -0.39 is 0 Å². The maximum Gasteiger partial charge on any atom is 0.333 e. The second kappa shape index (κ2) is 8.11. The van der Waals surface area contributed by atoms with E-state index in [1.54, 1.807) is 33.3 Å². The number of benzene rings is 1. The van der Waals surface area contributed by atoms with Gasteiger partial charge in [-0.15, -0.1) is 0 Å². The number of nitrogens with zero attached hydrogens (tertiary/aromatic N) is 6. The van der Waals surface area contributed by atoms with Gasteiger partial charge in [-0.25, -0.2) is 9.78 Å². The first-order valence-electron chi connectivity index (χ1n) is 11.1. The van der Waals surface area contributed by atoms with E-state index in [9.17, 15) is 4.79 Å². The number of nitrogens with two attached hydrogens (primary N) is 1. The summed E-state index contributed by atoms with van der Waals surface area (Å²) in [5.41, 5.74) is 13.5. The van der Waals surface area contributed by atoms with Crippen molar-refractivity contribution >= 4 is 27.8 Å². The van der Waals surface area contributed by atoms with Crippen LogP contribution in [0, 0.1) is 13.8 Å². The van der Waals surface area contributed by atoms with E-state index in [2.05, 4.69) is 21.1 Å². The summed E-state index contributed by atoms with van der Waals surface area (Å²) in [6.07, 6.45) is 3.51. The molecule has 5 aromatic rings. The lowest BCUT2D eigenvalue weighted by atomic mass is 10.0. The first-order valence-corrected chi connectivity index (χ1v) is 11.1. The molecule has 1 aromatic carbocycles. The van der Waals surface area contributed by atoms with Crippen LogP contribution in [0.25, 0.3) is 38.8 Å². The van der Waals surface area contributed by atoms with Crippen LogP contribution in [0.5, 0.6) is 0 Å². The van der Waals surface area contributed by atoms with E-state index in [1.807, 2.05) is 46.0 Å². The molecule has 34 heavy (non-hydrogen) atoms. The number of aromatic nitrogens is 6. The minimum atomic E-state index is -0.137. The van der Waals surface area contributed by atoms with Crippen molar-refractivity contribution in [2.75, 3.05) is 12.3 Å². The van der Waals surface area contributed by atoms with Gasteiger partial charge in [0.2, 0.25) is 0 Å². The molecule has 4 heterocycles. The molecule has 0 spiro atoms. The lowest BCUT2D eigenvalue weighted by Gasteiger charge is -2.10. The fraction of sp³-hybridized carbons (Fsp3) is 0.280. The van der Waals surface area contributed by atoms with Gasteiger partial charge in [-0.3, -0.25) is 18.8 Å². The van der Waals surface area contributed by atoms with Crippen molar-refractivity contribution in [3.05, 3.63) is 64.1 Å². The van der Waals surface area contributed by atoms with Crippen molar-refractivity contribution in [2.45, 2.75) is 27.4 Å². The number of nitrogen functional groups attached to an aromatic ring is 1. The highest BCUT2D eigenvalue weighted by Crippen LogP contribution is 2.31. The molecule has 0 aliphatic rings. The van der Waals surface area contributed by atoms with Gasteiger partial charge in [-0.1, -0.05) is 6.07 Å². The van der Waals surface area contributed by atoms with Gasteiger partial charge in [-0.05, 0) is 44.5 Å². The molecule has 0 radical (unpaired) electrons. The lowest BCUT2D eigenvalue weighted by molar-refractivity contribution is 0.134. The molecule has 0 aliphatic heterocycles. The SMILES string of the molecule is CCOCc1cc(-c2ccc3ncc4c(c3c2)n(-c2c(C)nn(C)c2C)c(=O)n4C)cnc1N. The van der Waals surface area contributed by atoms with Crippen LogP contribution in [0.15, 0.2) is 41.5 Å². The molecule has 0 bridgehead atoms. The third-order valence-electron chi connectivity index (χ3n) is 6.37. The number of pyridine rings is 2. The largest absolute Gasteiger partial charge is 0.383 e. The Balaban J connectivity index is 1.80. The highest BCUT2D eigenvalue weighted by molar-refractivity contribution is 6.04. The number of rotatable bonds is 5. The summed E-state index contributed by atoms with van der Waals surface area (Å²) in [7, 11) is 3.65. The van der Waals surface area contributed by atoms with Gasteiger partial charge in [0.05, 0.1) is 46.4 Å². The summed E-state index contributed by atoms with van der Waals surface area (Å²) >= 11 is 0. The number of anilines is 1. The summed E-state index contributed by atoms with van der Waals surface area (Å²) in [5.74, 6) is 0.460. The number of imidazole rings is 1. The molecular formula is C25H27N7O2. The fourth-order valence-corrected chi connectivity index (χ4v) is 4.48. The summed E-state index contributed by atoms with van der Waals surface area (Å²) in [5, 5.41) is 5.41. The predicted molar refractivity (Wildman–Crippen MR) is 133 cm³/mol. The van der Waals surface area contributed by atoms with E-state index in [4.69, 9.17) is 10.5 Å². The quantitative estimate of drug-likeness (QED) is 0.434. The van der Waals surface area contributed by atoms with Crippen molar-refractivity contribution in [1.29, 1.82) is 0 Å². The Morgan fingerprint density at radius 2 is 1.85 bits per heavy atom. The number of hydrogen-bond donors (Lipinski definition) is 1. The summed E-state index contributed by atoms with van der Waals surface area (Å²) in [6, 6.07) is 8.03. The first-order chi connectivity index (χ1) is 16.3. The molecule has 9 nitrogen and oxygen atoms in total. The molecular weight excluding hydrogens is 430 g/mol. The van der Waals surface area contributed by atoms with Crippen LogP contribution in [0.4, 0.5) is 5.82 Å². The normalized spacial score (nSPS) is 11.7. The standard InChI is InChI=1S/C25H27N7O2/c1-6-34-13-18-9-17(11-28-24(18)26)16-7-8-20-19(10-16)23-21(12-27-20)30(4)25(33)32(23)22-14(2)29-31(5)15(22)3/h7-12H,6,13H2,1-5H3,(H2,26,28). The van der Waals surface area contributed by atoms with Crippen molar-refractivity contribution in [1.82, 2.24) is 28.9 Å². The summed E-state index contributed by atoms with van der Waals surface area (Å²) in [4.78, 5) is 22.4. The van der Waals surface area contributed by atoms with Gasteiger partial charge >= 0.3 is 5.69 Å². The molecule has 0 amide bonds. The summed E-state index contributed by atoms with van der Waals surface area (Å²) < 4.78 is 10.7. The third-order valence-corrected chi connectivity index (χ3v) is 6.37. The minimum Gasteiger partial charge on any atom is -0.383 e. The maximum absolute atomic E-state index is 13.4. The molecule has 0 saturated heterocycles.